The van der Waals surface area contributed by atoms with Gasteiger partial charge in [0, 0.05) is 28.6 Å². The Hall–Kier alpha value is -0.900. The Morgan fingerprint density at radius 1 is 1.37 bits per heavy atom. The minimum atomic E-state index is 0.373. The van der Waals surface area contributed by atoms with Crippen LogP contribution < -0.4 is 5.32 Å². The molecule has 102 valence electrons. The maximum Gasteiger partial charge on any atom is 0.0972 e. The summed E-state index contributed by atoms with van der Waals surface area (Å²) in [5.41, 5.74) is 1.14. The SMILES string of the molecule is CCCNC(C)c1cnc(Cc2ccccc2Cl)s1. The van der Waals surface area contributed by atoms with Crippen LogP contribution in [-0.4, -0.2) is 11.5 Å². The summed E-state index contributed by atoms with van der Waals surface area (Å²) in [6.07, 6.45) is 3.94. The largest absolute Gasteiger partial charge is 0.309 e. The van der Waals surface area contributed by atoms with Crippen LogP contribution in [0.25, 0.3) is 0 Å². The first kappa shape index (κ1) is 14.5. The molecule has 0 aliphatic rings. The number of halogens is 1. The highest BCUT2D eigenvalue weighted by molar-refractivity contribution is 7.11. The summed E-state index contributed by atoms with van der Waals surface area (Å²) in [5.74, 6) is 0. The molecule has 1 aromatic carbocycles. The standard InChI is InChI=1S/C15H19ClN2S/c1-3-8-17-11(2)14-10-18-15(19-14)9-12-6-4-5-7-13(12)16/h4-7,10-11,17H,3,8-9H2,1-2H3. The first-order valence-corrected chi connectivity index (χ1v) is 7.81. The topological polar surface area (TPSA) is 24.9 Å². The van der Waals surface area contributed by atoms with Gasteiger partial charge in [-0.25, -0.2) is 4.98 Å². The summed E-state index contributed by atoms with van der Waals surface area (Å²) in [6, 6.07) is 8.33. The molecule has 1 atom stereocenters. The molecule has 0 radical (unpaired) electrons. The fourth-order valence-corrected chi connectivity index (χ4v) is 3.05. The number of aromatic nitrogens is 1. The maximum atomic E-state index is 6.18. The molecule has 2 nitrogen and oxygen atoms in total. The van der Waals surface area contributed by atoms with Crippen molar-refractivity contribution in [1.82, 2.24) is 10.3 Å². The molecule has 0 saturated carbocycles. The number of nitrogens with zero attached hydrogens (tertiary/aromatic N) is 1. The van der Waals surface area contributed by atoms with Crippen LogP contribution in [0.3, 0.4) is 0 Å². The second-order valence-electron chi connectivity index (χ2n) is 4.60. The molecule has 1 aromatic heterocycles. The van der Waals surface area contributed by atoms with Crippen molar-refractivity contribution >= 4 is 22.9 Å². The van der Waals surface area contributed by atoms with E-state index in [0.717, 1.165) is 35.0 Å². The number of benzene rings is 1. The average Bonchev–Trinajstić information content (AvgIpc) is 2.87. The van der Waals surface area contributed by atoms with Crippen LogP contribution in [-0.2, 0) is 6.42 Å². The Bertz CT molecular complexity index is 524. The van der Waals surface area contributed by atoms with E-state index in [9.17, 15) is 0 Å². The van der Waals surface area contributed by atoms with E-state index in [-0.39, 0.29) is 0 Å². The lowest BCUT2D eigenvalue weighted by molar-refractivity contribution is 0.577. The van der Waals surface area contributed by atoms with Crippen LogP contribution in [0, 0.1) is 0 Å². The molecule has 1 heterocycles. The first-order valence-electron chi connectivity index (χ1n) is 6.62. The smallest absolute Gasteiger partial charge is 0.0972 e. The van der Waals surface area contributed by atoms with Crippen molar-refractivity contribution in [3.63, 3.8) is 0 Å². The fraction of sp³-hybridized carbons (Fsp3) is 0.400. The average molecular weight is 295 g/mol. The van der Waals surface area contributed by atoms with Crippen LogP contribution in [0.15, 0.2) is 30.5 Å². The van der Waals surface area contributed by atoms with Gasteiger partial charge in [-0.1, -0.05) is 36.7 Å². The van der Waals surface area contributed by atoms with Gasteiger partial charge in [-0.3, -0.25) is 0 Å². The molecule has 0 spiro atoms. The molecular formula is C15H19ClN2S. The van der Waals surface area contributed by atoms with E-state index in [4.69, 9.17) is 11.6 Å². The summed E-state index contributed by atoms with van der Waals surface area (Å²) in [4.78, 5) is 5.79. The van der Waals surface area contributed by atoms with Crippen molar-refractivity contribution in [3.05, 3.63) is 50.9 Å². The predicted molar refractivity (Wildman–Crippen MR) is 83.1 cm³/mol. The number of hydrogen-bond acceptors (Lipinski definition) is 3. The molecule has 0 amide bonds. The van der Waals surface area contributed by atoms with Crippen LogP contribution in [0.2, 0.25) is 5.02 Å². The number of thiazole rings is 1. The molecule has 0 aliphatic carbocycles. The molecular weight excluding hydrogens is 276 g/mol. The minimum absolute atomic E-state index is 0.373. The van der Waals surface area contributed by atoms with Crippen molar-refractivity contribution in [2.45, 2.75) is 32.7 Å². The van der Waals surface area contributed by atoms with E-state index in [1.807, 2.05) is 24.4 Å². The highest BCUT2D eigenvalue weighted by Gasteiger charge is 2.10. The second-order valence-corrected chi connectivity index (χ2v) is 6.15. The van der Waals surface area contributed by atoms with Gasteiger partial charge < -0.3 is 5.32 Å². The summed E-state index contributed by atoms with van der Waals surface area (Å²) in [5, 5.41) is 5.42. The van der Waals surface area contributed by atoms with Gasteiger partial charge in [0.25, 0.3) is 0 Å². The number of hydrogen-bond donors (Lipinski definition) is 1. The molecule has 1 unspecified atom stereocenters. The van der Waals surface area contributed by atoms with Crippen LogP contribution in [0.5, 0.6) is 0 Å². The molecule has 2 aromatic rings. The monoisotopic (exact) mass is 294 g/mol. The van der Waals surface area contributed by atoms with Crippen molar-refractivity contribution in [2.24, 2.45) is 0 Å². The Kier molecular flexibility index (Phi) is 5.37. The maximum absolute atomic E-state index is 6.18. The normalized spacial score (nSPS) is 12.6. The number of nitrogens with one attached hydrogen (secondary N) is 1. The van der Waals surface area contributed by atoms with E-state index in [2.05, 4.69) is 30.2 Å². The first-order chi connectivity index (χ1) is 9.20. The zero-order valence-corrected chi connectivity index (χ0v) is 12.9. The zero-order chi connectivity index (χ0) is 13.7. The van der Waals surface area contributed by atoms with E-state index in [1.54, 1.807) is 11.3 Å². The van der Waals surface area contributed by atoms with E-state index in [1.165, 1.54) is 4.88 Å². The summed E-state index contributed by atoms with van der Waals surface area (Å²) in [7, 11) is 0. The van der Waals surface area contributed by atoms with Gasteiger partial charge in [-0.15, -0.1) is 11.3 Å². The third kappa shape index (κ3) is 4.03. The van der Waals surface area contributed by atoms with Gasteiger partial charge in [0.05, 0.1) is 5.01 Å². The summed E-state index contributed by atoms with van der Waals surface area (Å²) < 4.78 is 0. The minimum Gasteiger partial charge on any atom is -0.309 e. The second kappa shape index (κ2) is 7.04. The third-order valence-corrected chi connectivity index (χ3v) is 4.55. The lowest BCUT2D eigenvalue weighted by Gasteiger charge is -2.09. The van der Waals surface area contributed by atoms with Gasteiger partial charge >= 0.3 is 0 Å². The van der Waals surface area contributed by atoms with Crippen molar-refractivity contribution in [3.8, 4) is 0 Å². The molecule has 1 N–H and O–H groups in total. The molecule has 0 saturated heterocycles. The van der Waals surface area contributed by atoms with Gasteiger partial charge in [-0.2, -0.15) is 0 Å². The lowest BCUT2D eigenvalue weighted by atomic mass is 10.2. The highest BCUT2D eigenvalue weighted by atomic mass is 35.5. The van der Waals surface area contributed by atoms with Gasteiger partial charge in [0.1, 0.15) is 0 Å². The van der Waals surface area contributed by atoms with E-state index in [0.29, 0.717) is 6.04 Å². The zero-order valence-electron chi connectivity index (χ0n) is 11.3. The number of rotatable bonds is 6. The summed E-state index contributed by atoms with van der Waals surface area (Å²) >= 11 is 7.94. The van der Waals surface area contributed by atoms with Crippen molar-refractivity contribution in [2.75, 3.05) is 6.54 Å². The van der Waals surface area contributed by atoms with Crippen LogP contribution in [0.4, 0.5) is 0 Å². The van der Waals surface area contributed by atoms with E-state index < -0.39 is 0 Å². The van der Waals surface area contributed by atoms with E-state index >= 15 is 0 Å². The quantitative estimate of drug-likeness (QED) is 0.851. The Morgan fingerprint density at radius 3 is 2.89 bits per heavy atom. The molecule has 19 heavy (non-hydrogen) atoms. The predicted octanol–water partition coefficient (Wildman–Crippen LogP) is 4.45. The highest BCUT2D eigenvalue weighted by Crippen LogP contribution is 2.25. The van der Waals surface area contributed by atoms with Crippen LogP contribution in [0.1, 0.15) is 41.8 Å². The molecule has 0 aliphatic heterocycles. The third-order valence-electron chi connectivity index (χ3n) is 3.00. The van der Waals surface area contributed by atoms with Crippen LogP contribution >= 0.6 is 22.9 Å². The lowest BCUT2D eigenvalue weighted by Crippen LogP contribution is -2.18. The van der Waals surface area contributed by atoms with Crippen molar-refractivity contribution in [1.29, 1.82) is 0 Å². The molecule has 2 rings (SSSR count). The Labute approximate surface area is 123 Å². The molecule has 0 fully saturated rings. The summed E-state index contributed by atoms with van der Waals surface area (Å²) in [6.45, 7) is 5.40. The van der Waals surface area contributed by atoms with Crippen molar-refractivity contribution < 1.29 is 0 Å². The Morgan fingerprint density at radius 2 is 2.16 bits per heavy atom. The van der Waals surface area contributed by atoms with Gasteiger partial charge in [-0.05, 0) is 31.5 Å². The fourth-order valence-electron chi connectivity index (χ4n) is 1.87. The van der Waals surface area contributed by atoms with Gasteiger partial charge in [0.2, 0.25) is 0 Å². The van der Waals surface area contributed by atoms with Gasteiger partial charge in [0.15, 0.2) is 0 Å². The molecule has 4 heteroatoms. The Balaban J connectivity index is 2.03. The molecule has 0 bridgehead atoms.